The maximum absolute atomic E-state index is 12.8. The number of ether oxygens (including phenoxy) is 2. The Labute approximate surface area is 163 Å². The van der Waals surface area contributed by atoms with Crippen LogP contribution in [0.1, 0.15) is 21.5 Å². The first-order valence-electron chi connectivity index (χ1n) is 9.14. The molecule has 1 aliphatic rings. The topological polar surface area (TPSA) is 42.0 Å². The molecular formula is C21H24F2N2O3. The van der Waals surface area contributed by atoms with Crippen molar-refractivity contribution in [3.63, 3.8) is 0 Å². The molecule has 1 amide bonds. The number of benzene rings is 2. The lowest BCUT2D eigenvalue weighted by molar-refractivity contribution is -0.0512. The van der Waals surface area contributed by atoms with Gasteiger partial charge in [0, 0.05) is 37.4 Å². The van der Waals surface area contributed by atoms with E-state index in [0.717, 1.165) is 13.1 Å². The molecule has 28 heavy (non-hydrogen) atoms. The molecule has 1 aliphatic heterocycles. The zero-order valence-electron chi connectivity index (χ0n) is 16.2. The van der Waals surface area contributed by atoms with Crippen LogP contribution in [-0.4, -0.2) is 50.7 Å². The summed E-state index contributed by atoms with van der Waals surface area (Å²) in [5, 5.41) is 0. The van der Waals surface area contributed by atoms with Gasteiger partial charge in [-0.1, -0.05) is 12.1 Å². The number of aryl methyl sites for hydroxylation is 1. The van der Waals surface area contributed by atoms with Gasteiger partial charge in [-0.3, -0.25) is 4.79 Å². The van der Waals surface area contributed by atoms with E-state index >= 15 is 0 Å². The molecule has 0 unspecified atom stereocenters. The fourth-order valence-electron chi connectivity index (χ4n) is 3.41. The molecule has 5 nitrogen and oxygen atoms in total. The predicted octanol–water partition coefficient (Wildman–Crippen LogP) is 3.88. The van der Waals surface area contributed by atoms with E-state index in [-0.39, 0.29) is 17.4 Å². The smallest absolute Gasteiger partial charge is 0.387 e. The Balaban J connectivity index is 1.69. The first kappa shape index (κ1) is 19.9. The molecule has 0 radical (unpaired) electrons. The molecule has 1 saturated heterocycles. The van der Waals surface area contributed by atoms with E-state index in [1.165, 1.54) is 42.1 Å². The van der Waals surface area contributed by atoms with Gasteiger partial charge in [-0.15, -0.1) is 0 Å². The third-order valence-corrected chi connectivity index (χ3v) is 5.11. The highest BCUT2D eigenvalue weighted by Crippen LogP contribution is 2.30. The quantitative estimate of drug-likeness (QED) is 0.777. The molecule has 0 aliphatic carbocycles. The van der Waals surface area contributed by atoms with Gasteiger partial charge in [-0.25, -0.2) is 0 Å². The zero-order chi connectivity index (χ0) is 20.3. The van der Waals surface area contributed by atoms with Gasteiger partial charge in [0.2, 0.25) is 0 Å². The monoisotopic (exact) mass is 390 g/mol. The molecule has 2 aromatic rings. The molecule has 150 valence electrons. The van der Waals surface area contributed by atoms with Gasteiger partial charge in [-0.05, 0) is 49.2 Å². The average molecular weight is 390 g/mol. The summed E-state index contributed by atoms with van der Waals surface area (Å²) in [7, 11) is 1.35. The number of anilines is 1. The van der Waals surface area contributed by atoms with E-state index in [0.29, 0.717) is 18.7 Å². The zero-order valence-corrected chi connectivity index (χ0v) is 16.2. The minimum atomic E-state index is -2.95. The molecule has 0 N–H and O–H groups in total. The molecule has 2 aromatic carbocycles. The van der Waals surface area contributed by atoms with Crippen molar-refractivity contribution in [2.75, 3.05) is 38.2 Å². The second kappa shape index (κ2) is 8.46. The van der Waals surface area contributed by atoms with Gasteiger partial charge in [0.05, 0.1) is 7.11 Å². The number of rotatable bonds is 5. The Hall–Kier alpha value is -2.83. The van der Waals surface area contributed by atoms with Crippen LogP contribution in [0.4, 0.5) is 14.5 Å². The highest BCUT2D eigenvalue weighted by molar-refractivity contribution is 5.95. The highest BCUT2D eigenvalue weighted by atomic mass is 19.3. The Kier molecular flexibility index (Phi) is 6.02. The molecule has 0 spiro atoms. The second-order valence-corrected chi connectivity index (χ2v) is 6.74. The number of methoxy groups -OCH3 is 1. The van der Waals surface area contributed by atoms with Crippen molar-refractivity contribution in [3.8, 4) is 11.5 Å². The van der Waals surface area contributed by atoms with Crippen LogP contribution in [-0.2, 0) is 0 Å². The normalized spacial score (nSPS) is 14.4. The SMILES string of the molecule is COc1cc(C(=O)N2CCN(c3cccc(C)c3C)CC2)ccc1OC(F)F. The molecule has 1 fully saturated rings. The van der Waals surface area contributed by atoms with Crippen LogP contribution in [0, 0.1) is 13.8 Å². The maximum atomic E-state index is 12.8. The Bertz CT molecular complexity index is 850. The molecule has 0 saturated carbocycles. The van der Waals surface area contributed by atoms with Crippen LogP contribution < -0.4 is 14.4 Å². The highest BCUT2D eigenvalue weighted by Gasteiger charge is 2.24. The van der Waals surface area contributed by atoms with E-state index in [4.69, 9.17) is 4.74 Å². The maximum Gasteiger partial charge on any atom is 0.387 e. The number of hydrogen-bond acceptors (Lipinski definition) is 4. The van der Waals surface area contributed by atoms with E-state index in [2.05, 4.69) is 35.6 Å². The van der Waals surface area contributed by atoms with Crippen molar-refractivity contribution in [3.05, 3.63) is 53.1 Å². The second-order valence-electron chi connectivity index (χ2n) is 6.74. The van der Waals surface area contributed by atoms with Gasteiger partial charge in [0.15, 0.2) is 11.5 Å². The summed E-state index contributed by atoms with van der Waals surface area (Å²) >= 11 is 0. The first-order valence-corrected chi connectivity index (χ1v) is 9.14. The van der Waals surface area contributed by atoms with Crippen LogP contribution in [0.15, 0.2) is 36.4 Å². The summed E-state index contributed by atoms with van der Waals surface area (Å²) in [6.07, 6.45) is 0. The standard InChI is InChI=1S/C21H24F2N2O3/c1-14-5-4-6-17(15(14)2)24-9-11-25(12-10-24)20(26)16-7-8-18(28-21(22)23)19(13-16)27-3/h4-8,13,21H,9-12H2,1-3H3. The third-order valence-electron chi connectivity index (χ3n) is 5.11. The molecule has 3 rings (SSSR count). The van der Waals surface area contributed by atoms with Crippen LogP contribution >= 0.6 is 0 Å². The number of halogens is 2. The lowest BCUT2D eigenvalue weighted by Gasteiger charge is -2.37. The largest absolute Gasteiger partial charge is 0.493 e. The van der Waals surface area contributed by atoms with Gasteiger partial charge >= 0.3 is 6.61 Å². The van der Waals surface area contributed by atoms with Crippen molar-refractivity contribution in [2.45, 2.75) is 20.5 Å². The number of alkyl halides is 2. The van der Waals surface area contributed by atoms with Gasteiger partial charge in [0.25, 0.3) is 5.91 Å². The van der Waals surface area contributed by atoms with Crippen LogP contribution in [0.5, 0.6) is 11.5 Å². The molecule has 0 atom stereocenters. The number of nitrogens with zero attached hydrogens (tertiary/aromatic N) is 2. The summed E-state index contributed by atoms with van der Waals surface area (Å²) in [4.78, 5) is 16.9. The summed E-state index contributed by atoms with van der Waals surface area (Å²) in [5.41, 5.74) is 4.08. The van der Waals surface area contributed by atoms with Crippen molar-refractivity contribution in [1.29, 1.82) is 0 Å². The number of carbonyl (C=O) groups is 1. The van der Waals surface area contributed by atoms with Gasteiger partial charge in [0.1, 0.15) is 0 Å². The summed E-state index contributed by atoms with van der Waals surface area (Å²) < 4.78 is 34.4. The fourth-order valence-corrected chi connectivity index (χ4v) is 3.41. The summed E-state index contributed by atoms with van der Waals surface area (Å²) in [6, 6.07) is 10.5. The molecule has 0 aromatic heterocycles. The number of carbonyl (C=O) groups excluding carboxylic acids is 1. The Morgan fingerprint density at radius 1 is 1.04 bits per heavy atom. The lowest BCUT2D eigenvalue weighted by atomic mass is 10.1. The summed E-state index contributed by atoms with van der Waals surface area (Å²) in [5.74, 6) is -0.128. The van der Waals surface area contributed by atoms with Crippen molar-refractivity contribution in [1.82, 2.24) is 4.90 Å². The van der Waals surface area contributed by atoms with Crippen LogP contribution in [0.25, 0.3) is 0 Å². The lowest BCUT2D eigenvalue weighted by Crippen LogP contribution is -2.49. The average Bonchev–Trinajstić information content (AvgIpc) is 2.69. The van der Waals surface area contributed by atoms with E-state index < -0.39 is 6.61 Å². The number of amides is 1. The first-order chi connectivity index (χ1) is 13.4. The van der Waals surface area contributed by atoms with Crippen LogP contribution in [0.3, 0.4) is 0 Å². The minimum Gasteiger partial charge on any atom is -0.493 e. The molecule has 7 heteroatoms. The van der Waals surface area contributed by atoms with E-state index in [9.17, 15) is 13.6 Å². The fraction of sp³-hybridized carbons (Fsp3) is 0.381. The Morgan fingerprint density at radius 2 is 1.75 bits per heavy atom. The van der Waals surface area contributed by atoms with Crippen molar-refractivity contribution in [2.24, 2.45) is 0 Å². The molecule has 1 heterocycles. The van der Waals surface area contributed by atoms with Gasteiger partial charge in [-0.2, -0.15) is 8.78 Å². The number of piperazine rings is 1. The predicted molar refractivity (Wildman–Crippen MR) is 104 cm³/mol. The summed E-state index contributed by atoms with van der Waals surface area (Å²) in [6.45, 7) is 3.89. The van der Waals surface area contributed by atoms with E-state index in [1.807, 2.05) is 6.07 Å². The van der Waals surface area contributed by atoms with Crippen LogP contribution in [0.2, 0.25) is 0 Å². The van der Waals surface area contributed by atoms with E-state index in [1.54, 1.807) is 4.90 Å². The molecular weight excluding hydrogens is 366 g/mol. The van der Waals surface area contributed by atoms with Crippen molar-refractivity contribution < 1.29 is 23.0 Å². The third kappa shape index (κ3) is 4.18. The van der Waals surface area contributed by atoms with Crippen molar-refractivity contribution >= 4 is 11.6 Å². The molecule has 0 bridgehead atoms. The Morgan fingerprint density at radius 3 is 2.39 bits per heavy atom. The van der Waals surface area contributed by atoms with Gasteiger partial charge < -0.3 is 19.3 Å². The minimum absolute atomic E-state index is 0.0891. The number of hydrogen-bond donors (Lipinski definition) is 0.